The molecule has 150 valence electrons. The molecule has 4 saturated carbocycles. The van der Waals surface area contributed by atoms with E-state index in [0.717, 1.165) is 35.5 Å². The van der Waals surface area contributed by atoms with Gasteiger partial charge in [-0.2, -0.15) is 0 Å². The third-order valence-corrected chi connectivity index (χ3v) is 7.15. The highest BCUT2D eigenvalue weighted by molar-refractivity contribution is 5.67. The molecule has 5 aliphatic rings. The van der Waals surface area contributed by atoms with Crippen LogP contribution in [0.2, 0.25) is 0 Å². The molecule has 2 atom stereocenters. The summed E-state index contributed by atoms with van der Waals surface area (Å²) in [6.07, 6.45) is 8.50. The number of hydrogen-bond donors (Lipinski definition) is 2. The van der Waals surface area contributed by atoms with Gasteiger partial charge in [0.05, 0.1) is 11.0 Å². The van der Waals surface area contributed by atoms with Crippen molar-refractivity contribution in [1.82, 2.24) is 9.55 Å². The van der Waals surface area contributed by atoms with Crippen molar-refractivity contribution < 1.29 is 9.50 Å². The zero-order valence-electron chi connectivity index (χ0n) is 16.4. The molecule has 6 nitrogen and oxygen atoms in total. The number of anilines is 1. The predicted molar refractivity (Wildman–Crippen MR) is 109 cm³/mol. The number of fused-ring (bicyclic) bond motifs is 1. The monoisotopic (exact) mass is 393 g/mol. The standard InChI is InChI=1S/C22H24FN5O/c1-28-19(29)18(6-13-2-3-16-17(5-13)25-12-24-16)26-20(28)27-22-9-14-4-15(10-22)8-21(23,7-14)11-22/h2-3,5-6,12,14-15,29H,4,7-11H2,1H3,(H,26,27). The molecule has 1 aromatic heterocycles. The third kappa shape index (κ3) is 2.70. The summed E-state index contributed by atoms with van der Waals surface area (Å²) in [6.45, 7) is 0. The molecule has 4 bridgehead atoms. The minimum absolute atomic E-state index is 0.0980. The first-order chi connectivity index (χ1) is 13.9. The maximum atomic E-state index is 15.3. The maximum Gasteiger partial charge on any atom is 0.220 e. The maximum absolute atomic E-state index is 15.3. The number of aromatic hydroxyl groups is 1. The quantitative estimate of drug-likeness (QED) is 0.842. The number of halogens is 1. The van der Waals surface area contributed by atoms with E-state index in [1.165, 1.54) is 6.34 Å². The van der Waals surface area contributed by atoms with Crippen LogP contribution < -0.4 is 15.9 Å². The fourth-order valence-corrected chi connectivity index (χ4v) is 6.41. The molecule has 2 unspecified atom stereocenters. The Morgan fingerprint density at radius 2 is 2.03 bits per heavy atom. The van der Waals surface area contributed by atoms with E-state index in [0.29, 0.717) is 42.7 Å². The normalized spacial score (nSPS) is 34.5. The van der Waals surface area contributed by atoms with Crippen LogP contribution in [0.25, 0.3) is 6.08 Å². The summed E-state index contributed by atoms with van der Waals surface area (Å²) in [4.78, 5) is 13.1. The Kier molecular flexibility index (Phi) is 3.36. The average molecular weight is 393 g/mol. The second-order valence-corrected chi connectivity index (χ2v) is 9.49. The van der Waals surface area contributed by atoms with E-state index in [1.807, 2.05) is 24.3 Å². The number of benzene rings is 1. The van der Waals surface area contributed by atoms with Crippen LogP contribution in [0.5, 0.6) is 5.88 Å². The molecule has 2 N–H and O–H groups in total. The van der Waals surface area contributed by atoms with Crippen LogP contribution in [-0.4, -0.2) is 32.2 Å². The molecule has 1 aliphatic heterocycles. The molecule has 0 radical (unpaired) electrons. The second-order valence-electron chi connectivity index (χ2n) is 9.49. The van der Waals surface area contributed by atoms with Crippen molar-refractivity contribution in [3.63, 3.8) is 0 Å². The summed E-state index contributed by atoms with van der Waals surface area (Å²) in [5.41, 5.74) is 0.0311. The van der Waals surface area contributed by atoms with Gasteiger partial charge in [-0.15, -0.1) is 0 Å². The molecule has 0 amide bonds. The summed E-state index contributed by atoms with van der Waals surface area (Å²) < 4.78 is 16.9. The van der Waals surface area contributed by atoms with Gasteiger partial charge < -0.3 is 10.4 Å². The number of rotatable bonds is 3. The summed E-state index contributed by atoms with van der Waals surface area (Å²) >= 11 is 0. The minimum atomic E-state index is -1.03. The van der Waals surface area contributed by atoms with E-state index in [1.54, 1.807) is 11.6 Å². The van der Waals surface area contributed by atoms with Gasteiger partial charge in [-0.05, 0) is 67.4 Å². The number of nitrogens with zero attached hydrogens (tertiary/aromatic N) is 4. The Hall–Kier alpha value is -2.70. The number of alkyl halides is 1. The summed E-state index contributed by atoms with van der Waals surface area (Å²) in [5, 5.41) is 15.9. The first-order valence-electron chi connectivity index (χ1n) is 10.4. The highest BCUT2D eigenvalue weighted by atomic mass is 19.1. The number of aliphatic imine (C=N–C) groups is 1. The molecule has 4 aliphatic carbocycles. The molecule has 0 spiro atoms. The number of imidazole rings is 1. The van der Waals surface area contributed by atoms with E-state index in [4.69, 9.17) is 0 Å². The highest BCUT2D eigenvalue weighted by Crippen LogP contribution is 2.59. The smallest absolute Gasteiger partial charge is 0.220 e. The van der Waals surface area contributed by atoms with Gasteiger partial charge in [-0.1, -0.05) is 6.07 Å². The van der Waals surface area contributed by atoms with Gasteiger partial charge in [0.2, 0.25) is 11.8 Å². The zero-order chi connectivity index (χ0) is 19.8. The molecule has 7 rings (SSSR count). The minimum Gasteiger partial charge on any atom is -0.493 e. The predicted octanol–water partition coefficient (Wildman–Crippen LogP) is 2.72. The molecule has 0 saturated heterocycles. The summed E-state index contributed by atoms with van der Waals surface area (Å²) in [5.74, 6) is 1.63. The van der Waals surface area contributed by atoms with Crippen molar-refractivity contribution in [3.8, 4) is 5.88 Å². The molecule has 2 aromatic rings. The Labute approximate surface area is 167 Å². The lowest BCUT2D eigenvalue weighted by Gasteiger charge is -2.59. The second kappa shape index (κ2) is 5.68. The van der Waals surface area contributed by atoms with Crippen molar-refractivity contribution in [2.45, 2.75) is 49.7 Å². The molecule has 29 heavy (non-hydrogen) atoms. The molecule has 7 heteroatoms. The number of hydrogen-bond acceptors (Lipinski definition) is 5. The van der Waals surface area contributed by atoms with Crippen molar-refractivity contribution in [2.75, 3.05) is 5.32 Å². The topological polar surface area (TPSA) is 74.8 Å². The number of aromatic nitrogens is 2. The first kappa shape index (κ1) is 17.2. The van der Waals surface area contributed by atoms with Crippen molar-refractivity contribution in [3.05, 3.63) is 34.5 Å². The van der Waals surface area contributed by atoms with E-state index in [-0.39, 0.29) is 11.4 Å². The van der Waals surface area contributed by atoms with E-state index in [2.05, 4.69) is 20.3 Å². The van der Waals surface area contributed by atoms with Gasteiger partial charge in [0.1, 0.15) is 17.7 Å². The van der Waals surface area contributed by atoms with E-state index < -0.39 is 5.67 Å². The van der Waals surface area contributed by atoms with Crippen LogP contribution in [0, 0.1) is 11.8 Å². The zero-order valence-corrected chi connectivity index (χ0v) is 16.4. The molecule has 1 aromatic carbocycles. The van der Waals surface area contributed by atoms with Gasteiger partial charge in [-0.25, -0.2) is 19.4 Å². The van der Waals surface area contributed by atoms with Gasteiger partial charge >= 0.3 is 0 Å². The van der Waals surface area contributed by atoms with E-state index in [9.17, 15) is 5.11 Å². The highest BCUT2D eigenvalue weighted by Gasteiger charge is 2.58. The lowest BCUT2D eigenvalue weighted by molar-refractivity contribution is -0.0781. The average Bonchev–Trinajstić information content (AvgIpc) is 3.20. The Bertz CT molecular complexity index is 1150. The fourth-order valence-electron chi connectivity index (χ4n) is 6.41. The fraction of sp³-hybridized carbons (Fsp3) is 0.500. The third-order valence-electron chi connectivity index (χ3n) is 7.15. The van der Waals surface area contributed by atoms with E-state index >= 15 is 4.39 Å². The van der Waals surface area contributed by atoms with Gasteiger partial charge in [0, 0.05) is 19.0 Å². The lowest BCUT2D eigenvalue weighted by atomic mass is 9.52. The largest absolute Gasteiger partial charge is 0.493 e. The van der Waals surface area contributed by atoms with Crippen LogP contribution in [0.4, 0.5) is 16.0 Å². The summed E-state index contributed by atoms with van der Waals surface area (Å²) in [6, 6.07) is 5.77. The van der Waals surface area contributed by atoms with Crippen LogP contribution in [-0.2, 0) is 7.05 Å². The Morgan fingerprint density at radius 1 is 1.24 bits per heavy atom. The van der Waals surface area contributed by atoms with Gasteiger partial charge in [-0.3, -0.25) is 4.57 Å². The summed E-state index contributed by atoms with van der Waals surface area (Å²) in [7, 11) is 1.79. The molecular formula is C22H24FN5O. The van der Waals surface area contributed by atoms with Gasteiger partial charge in [0.15, 0.2) is 0 Å². The van der Waals surface area contributed by atoms with Crippen molar-refractivity contribution in [1.29, 1.82) is 0 Å². The van der Waals surface area contributed by atoms with Gasteiger partial charge in [0.25, 0.3) is 0 Å². The molecular weight excluding hydrogens is 369 g/mol. The Morgan fingerprint density at radius 3 is 2.79 bits per heavy atom. The van der Waals surface area contributed by atoms with Crippen LogP contribution in [0.15, 0.2) is 28.2 Å². The van der Waals surface area contributed by atoms with Crippen LogP contribution >= 0.6 is 0 Å². The molecule has 2 heterocycles. The first-order valence-corrected chi connectivity index (χ1v) is 10.4. The molecule has 4 fully saturated rings. The van der Waals surface area contributed by atoms with Crippen molar-refractivity contribution in [2.24, 2.45) is 28.9 Å². The van der Waals surface area contributed by atoms with Crippen molar-refractivity contribution >= 4 is 24.1 Å². The Balaban J connectivity index is 1.34. The van der Waals surface area contributed by atoms with Crippen LogP contribution in [0.1, 0.15) is 44.2 Å². The SMILES string of the molecule is Cn1c(NC23CC4CC(CC(F)(C4)C2)C3)nc(C=c2ccc3c(c2)N=CN=3)c1O. The number of nitrogens with one attached hydrogen (secondary N) is 1. The lowest BCUT2D eigenvalue weighted by Crippen LogP contribution is -2.60. The van der Waals surface area contributed by atoms with Crippen LogP contribution in [0.3, 0.4) is 0 Å².